The van der Waals surface area contributed by atoms with Gasteiger partial charge in [0.15, 0.2) is 11.6 Å². The van der Waals surface area contributed by atoms with E-state index in [9.17, 15) is 9.59 Å². The van der Waals surface area contributed by atoms with Crippen molar-refractivity contribution in [2.24, 2.45) is 0 Å². The summed E-state index contributed by atoms with van der Waals surface area (Å²) in [6.07, 6.45) is 2.27. The molecular weight excluding hydrogens is 254 g/mol. The second-order valence-electron chi connectivity index (χ2n) is 5.19. The highest BCUT2D eigenvalue weighted by molar-refractivity contribution is 6.02. The summed E-state index contributed by atoms with van der Waals surface area (Å²) in [4.78, 5) is 30.7. The second-order valence-corrected chi connectivity index (χ2v) is 5.19. The summed E-state index contributed by atoms with van der Waals surface area (Å²) in [5.41, 5.74) is 1.40. The van der Waals surface area contributed by atoms with Crippen molar-refractivity contribution >= 4 is 22.7 Å². The molecule has 1 aromatic carbocycles. The van der Waals surface area contributed by atoms with Gasteiger partial charge in [-0.2, -0.15) is 0 Å². The predicted octanol–water partition coefficient (Wildman–Crippen LogP) is 1.97. The van der Waals surface area contributed by atoms with Crippen molar-refractivity contribution in [3.05, 3.63) is 30.1 Å². The van der Waals surface area contributed by atoms with Gasteiger partial charge < -0.3 is 0 Å². The molecule has 104 valence electrons. The Labute approximate surface area is 117 Å². The van der Waals surface area contributed by atoms with Crippen LogP contribution in [0.2, 0.25) is 0 Å². The maximum absolute atomic E-state index is 12.5. The first-order valence-electron chi connectivity index (χ1n) is 6.91. The monoisotopic (exact) mass is 271 g/mol. The Hall–Kier alpha value is -2.01. The van der Waals surface area contributed by atoms with Crippen LogP contribution >= 0.6 is 0 Å². The number of imidazole rings is 1. The Morgan fingerprint density at radius 3 is 2.60 bits per heavy atom. The fourth-order valence-electron chi connectivity index (χ4n) is 2.72. The Morgan fingerprint density at radius 2 is 1.90 bits per heavy atom. The summed E-state index contributed by atoms with van der Waals surface area (Å²) in [5, 5.41) is 0. The molecule has 20 heavy (non-hydrogen) atoms. The van der Waals surface area contributed by atoms with E-state index in [4.69, 9.17) is 0 Å². The molecule has 1 aromatic heterocycles. The minimum atomic E-state index is -0.184. The van der Waals surface area contributed by atoms with Crippen molar-refractivity contribution in [1.82, 2.24) is 14.5 Å². The van der Waals surface area contributed by atoms with Gasteiger partial charge in [0.1, 0.15) is 0 Å². The minimum Gasteiger partial charge on any atom is -0.294 e. The van der Waals surface area contributed by atoms with Crippen molar-refractivity contribution in [2.45, 2.75) is 19.8 Å². The first-order chi connectivity index (χ1) is 9.66. The van der Waals surface area contributed by atoms with Gasteiger partial charge in [0.05, 0.1) is 17.6 Å². The molecule has 0 unspecified atom stereocenters. The molecule has 5 heteroatoms. The Bertz CT molecular complexity index is 669. The fraction of sp³-hybridized carbons (Fsp3) is 0.400. The zero-order chi connectivity index (χ0) is 14.1. The molecule has 0 N–H and O–H groups in total. The van der Waals surface area contributed by atoms with E-state index in [-0.39, 0.29) is 17.5 Å². The zero-order valence-electron chi connectivity index (χ0n) is 11.5. The second kappa shape index (κ2) is 5.17. The van der Waals surface area contributed by atoms with E-state index in [1.165, 1.54) is 11.5 Å². The van der Waals surface area contributed by atoms with Crippen LogP contribution in [-0.2, 0) is 0 Å². The summed E-state index contributed by atoms with van der Waals surface area (Å²) in [7, 11) is 0. The number of Topliss-reactive ketones (excluding diaryl/α,β-unsaturated/α-hetero) is 1. The largest absolute Gasteiger partial charge is 0.294 e. The number of para-hydroxylation sites is 2. The van der Waals surface area contributed by atoms with Crippen molar-refractivity contribution in [3.63, 3.8) is 0 Å². The highest BCUT2D eigenvalue weighted by Crippen LogP contribution is 2.17. The molecular formula is C15H17N3O2. The third kappa shape index (κ3) is 2.25. The summed E-state index contributed by atoms with van der Waals surface area (Å²) in [5.74, 6) is -0.0304. The molecule has 3 rings (SSSR count). The number of rotatable bonds is 3. The first-order valence-corrected chi connectivity index (χ1v) is 6.91. The van der Waals surface area contributed by atoms with Crippen LogP contribution in [0, 0.1) is 0 Å². The lowest BCUT2D eigenvalue weighted by molar-refractivity contribution is 0.0849. The molecule has 1 saturated heterocycles. The standard InChI is InChI=1S/C15H17N3O2/c1-11(19)15-16-12-6-2-3-7-13(12)18(15)14(20)10-17-8-4-5-9-17/h2-3,6-7H,4-5,8-10H2,1H3. The molecule has 0 spiro atoms. The quantitative estimate of drug-likeness (QED) is 0.801. The molecule has 1 fully saturated rings. The summed E-state index contributed by atoms with van der Waals surface area (Å²) in [6, 6.07) is 7.36. The number of nitrogens with zero attached hydrogens (tertiary/aromatic N) is 3. The lowest BCUT2D eigenvalue weighted by Gasteiger charge is -2.14. The van der Waals surface area contributed by atoms with Gasteiger partial charge in [0.25, 0.3) is 0 Å². The highest BCUT2D eigenvalue weighted by Gasteiger charge is 2.22. The predicted molar refractivity (Wildman–Crippen MR) is 76.0 cm³/mol. The normalized spacial score (nSPS) is 15.8. The molecule has 2 aromatic rings. The number of carbonyl (C=O) groups is 2. The van der Waals surface area contributed by atoms with E-state index < -0.39 is 0 Å². The number of hydrogen-bond donors (Lipinski definition) is 0. The number of carbonyl (C=O) groups excluding carboxylic acids is 2. The molecule has 0 radical (unpaired) electrons. The average molecular weight is 271 g/mol. The van der Waals surface area contributed by atoms with Crippen LogP contribution in [0.1, 0.15) is 35.2 Å². The summed E-state index contributed by atoms with van der Waals surface area (Å²) >= 11 is 0. The number of likely N-dealkylation sites (tertiary alicyclic amines) is 1. The van der Waals surface area contributed by atoms with Crippen LogP contribution in [0.5, 0.6) is 0 Å². The van der Waals surface area contributed by atoms with E-state index >= 15 is 0 Å². The van der Waals surface area contributed by atoms with Crippen LogP contribution in [0.3, 0.4) is 0 Å². The van der Waals surface area contributed by atoms with E-state index in [2.05, 4.69) is 9.88 Å². The molecule has 5 nitrogen and oxygen atoms in total. The zero-order valence-corrected chi connectivity index (χ0v) is 11.5. The summed E-state index contributed by atoms with van der Waals surface area (Å²) < 4.78 is 1.47. The number of aromatic nitrogens is 2. The van der Waals surface area contributed by atoms with Crippen molar-refractivity contribution < 1.29 is 9.59 Å². The molecule has 1 aliphatic rings. The third-order valence-corrected chi connectivity index (χ3v) is 3.68. The third-order valence-electron chi connectivity index (χ3n) is 3.68. The van der Waals surface area contributed by atoms with Gasteiger partial charge in [-0.1, -0.05) is 12.1 Å². The van der Waals surface area contributed by atoms with Gasteiger partial charge in [-0.25, -0.2) is 4.98 Å². The lowest BCUT2D eigenvalue weighted by atomic mass is 10.3. The first kappa shape index (κ1) is 13.0. The lowest BCUT2D eigenvalue weighted by Crippen LogP contribution is -2.31. The molecule has 0 aliphatic carbocycles. The Balaban J connectivity index is 2.01. The Morgan fingerprint density at radius 1 is 1.20 bits per heavy atom. The van der Waals surface area contributed by atoms with Gasteiger partial charge in [0, 0.05) is 6.92 Å². The van der Waals surface area contributed by atoms with Gasteiger partial charge >= 0.3 is 0 Å². The molecule has 0 saturated carbocycles. The smallest absolute Gasteiger partial charge is 0.247 e. The SMILES string of the molecule is CC(=O)c1nc2ccccc2n1C(=O)CN1CCCC1. The van der Waals surface area contributed by atoms with Crippen LogP contribution in [0.25, 0.3) is 11.0 Å². The fourth-order valence-corrected chi connectivity index (χ4v) is 2.72. The van der Waals surface area contributed by atoms with Crippen LogP contribution in [-0.4, -0.2) is 45.8 Å². The maximum atomic E-state index is 12.5. The van der Waals surface area contributed by atoms with E-state index in [0.29, 0.717) is 17.6 Å². The van der Waals surface area contributed by atoms with Crippen molar-refractivity contribution in [2.75, 3.05) is 19.6 Å². The van der Waals surface area contributed by atoms with E-state index in [0.717, 1.165) is 25.9 Å². The number of benzene rings is 1. The number of hydrogen-bond acceptors (Lipinski definition) is 4. The molecule has 0 amide bonds. The van der Waals surface area contributed by atoms with Crippen LogP contribution in [0.4, 0.5) is 0 Å². The summed E-state index contributed by atoms with van der Waals surface area (Å²) in [6.45, 7) is 3.70. The van der Waals surface area contributed by atoms with E-state index in [1.807, 2.05) is 24.3 Å². The van der Waals surface area contributed by atoms with Gasteiger partial charge in [-0.3, -0.25) is 19.1 Å². The topological polar surface area (TPSA) is 55.2 Å². The van der Waals surface area contributed by atoms with Crippen molar-refractivity contribution in [3.8, 4) is 0 Å². The van der Waals surface area contributed by atoms with Crippen molar-refractivity contribution in [1.29, 1.82) is 0 Å². The molecule has 0 atom stereocenters. The molecule has 2 heterocycles. The highest BCUT2D eigenvalue weighted by atomic mass is 16.2. The average Bonchev–Trinajstić information content (AvgIpc) is 3.04. The number of fused-ring (bicyclic) bond motifs is 1. The minimum absolute atomic E-state index is 0.0780. The van der Waals surface area contributed by atoms with Gasteiger partial charge in [-0.15, -0.1) is 0 Å². The van der Waals surface area contributed by atoms with Gasteiger partial charge in [-0.05, 0) is 38.1 Å². The number of ketones is 1. The maximum Gasteiger partial charge on any atom is 0.247 e. The van der Waals surface area contributed by atoms with Crippen LogP contribution in [0.15, 0.2) is 24.3 Å². The van der Waals surface area contributed by atoms with Gasteiger partial charge in [0.2, 0.25) is 5.91 Å². The van der Waals surface area contributed by atoms with Crippen LogP contribution < -0.4 is 0 Å². The van der Waals surface area contributed by atoms with E-state index in [1.54, 1.807) is 0 Å². The molecule has 0 bridgehead atoms. The Kier molecular flexibility index (Phi) is 3.36. The molecule has 1 aliphatic heterocycles.